The predicted octanol–water partition coefficient (Wildman–Crippen LogP) is 1.97. The standard InChI is InChI=1S/C18H20N4O2/c1-3-24-18(23)17-15-12-21(2)9-8-16(15)22(20-17)11-14-6-4-13(10-19)5-7-14/h4-7H,3,8-9,11-12H2,1-2H3. The van der Waals surface area contributed by atoms with Gasteiger partial charge in [0.1, 0.15) is 0 Å². The number of carbonyl (C=O) groups is 1. The minimum Gasteiger partial charge on any atom is -0.461 e. The molecule has 2 heterocycles. The molecule has 1 aliphatic heterocycles. The van der Waals surface area contributed by atoms with Crippen molar-refractivity contribution in [3.63, 3.8) is 0 Å². The zero-order valence-corrected chi connectivity index (χ0v) is 14.0. The topological polar surface area (TPSA) is 71.1 Å². The van der Waals surface area contributed by atoms with Crippen molar-refractivity contribution in [2.75, 3.05) is 20.2 Å². The summed E-state index contributed by atoms with van der Waals surface area (Å²) in [5.74, 6) is -0.359. The van der Waals surface area contributed by atoms with Crippen LogP contribution in [0, 0.1) is 11.3 Å². The third-order valence-electron chi connectivity index (χ3n) is 4.21. The summed E-state index contributed by atoms with van der Waals surface area (Å²) >= 11 is 0. The van der Waals surface area contributed by atoms with E-state index in [2.05, 4.69) is 16.1 Å². The number of nitrogens with zero attached hydrogens (tertiary/aromatic N) is 4. The highest BCUT2D eigenvalue weighted by Crippen LogP contribution is 2.23. The van der Waals surface area contributed by atoms with Crippen molar-refractivity contribution in [3.05, 3.63) is 52.3 Å². The normalized spacial score (nSPS) is 14.0. The average molecular weight is 324 g/mol. The molecule has 0 fully saturated rings. The van der Waals surface area contributed by atoms with Gasteiger partial charge in [0.25, 0.3) is 0 Å². The van der Waals surface area contributed by atoms with E-state index < -0.39 is 0 Å². The first kappa shape index (κ1) is 16.2. The van der Waals surface area contributed by atoms with E-state index in [1.165, 1.54) is 0 Å². The molecule has 0 unspecified atom stereocenters. The third-order valence-corrected chi connectivity index (χ3v) is 4.21. The third kappa shape index (κ3) is 3.17. The minimum absolute atomic E-state index is 0.339. The van der Waals surface area contributed by atoms with Crippen LogP contribution in [0.1, 0.15) is 39.8 Å². The number of carbonyl (C=O) groups excluding carboxylic acids is 1. The lowest BCUT2D eigenvalue weighted by atomic mass is 10.1. The molecule has 0 amide bonds. The molecule has 0 spiro atoms. The number of hydrogen-bond donors (Lipinski definition) is 0. The van der Waals surface area contributed by atoms with Crippen LogP contribution in [0.2, 0.25) is 0 Å². The Morgan fingerprint density at radius 3 is 2.79 bits per heavy atom. The molecule has 1 aromatic carbocycles. The summed E-state index contributed by atoms with van der Waals surface area (Å²) in [4.78, 5) is 14.4. The zero-order chi connectivity index (χ0) is 17.1. The fourth-order valence-electron chi connectivity index (χ4n) is 2.98. The molecule has 0 N–H and O–H groups in total. The first-order valence-electron chi connectivity index (χ1n) is 8.05. The Balaban J connectivity index is 1.94. The van der Waals surface area contributed by atoms with Gasteiger partial charge >= 0.3 is 5.97 Å². The zero-order valence-electron chi connectivity index (χ0n) is 14.0. The molecule has 24 heavy (non-hydrogen) atoms. The van der Waals surface area contributed by atoms with Crippen LogP contribution in [-0.4, -0.2) is 40.8 Å². The second-order valence-electron chi connectivity index (χ2n) is 5.95. The van der Waals surface area contributed by atoms with E-state index in [0.29, 0.717) is 31.0 Å². The lowest BCUT2D eigenvalue weighted by molar-refractivity contribution is 0.0516. The first-order valence-corrected chi connectivity index (χ1v) is 8.05. The summed E-state index contributed by atoms with van der Waals surface area (Å²) in [5, 5.41) is 13.4. The molecule has 0 aliphatic carbocycles. The average Bonchev–Trinajstić information content (AvgIpc) is 2.93. The van der Waals surface area contributed by atoms with Crippen molar-refractivity contribution in [1.82, 2.24) is 14.7 Å². The van der Waals surface area contributed by atoms with Crippen LogP contribution in [0.25, 0.3) is 0 Å². The quantitative estimate of drug-likeness (QED) is 0.804. The van der Waals surface area contributed by atoms with Crippen molar-refractivity contribution in [1.29, 1.82) is 5.26 Å². The summed E-state index contributed by atoms with van der Waals surface area (Å²) in [6, 6.07) is 9.56. The number of benzene rings is 1. The number of likely N-dealkylation sites (N-methyl/N-ethyl adjacent to an activating group) is 1. The summed E-state index contributed by atoms with van der Waals surface area (Å²) < 4.78 is 7.05. The number of esters is 1. The molecule has 124 valence electrons. The van der Waals surface area contributed by atoms with Gasteiger partial charge in [0, 0.05) is 30.8 Å². The summed E-state index contributed by atoms with van der Waals surface area (Å²) in [6.45, 7) is 4.36. The van der Waals surface area contributed by atoms with Gasteiger partial charge in [-0.1, -0.05) is 12.1 Å². The van der Waals surface area contributed by atoms with Gasteiger partial charge in [0.15, 0.2) is 5.69 Å². The molecule has 0 saturated carbocycles. The monoisotopic (exact) mass is 324 g/mol. The Morgan fingerprint density at radius 2 is 2.12 bits per heavy atom. The highest BCUT2D eigenvalue weighted by Gasteiger charge is 2.27. The molecule has 2 aromatic rings. The summed E-state index contributed by atoms with van der Waals surface area (Å²) in [5.41, 5.74) is 4.17. The Morgan fingerprint density at radius 1 is 1.38 bits per heavy atom. The number of rotatable bonds is 4. The van der Waals surface area contributed by atoms with Gasteiger partial charge in [-0.15, -0.1) is 0 Å². The van der Waals surface area contributed by atoms with Crippen molar-refractivity contribution >= 4 is 5.97 Å². The fraction of sp³-hybridized carbons (Fsp3) is 0.389. The Bertz CT molecular complexity index is 787. The van der Waals surface area contributed by atoms with Crippen LogP contribution in [0.5, 0.6) is 0 Å². The molecule has 6 heteroatoms. The summed E-state index contributed by atoms with van der Waals surface area (Å²) in [7, 11) is 2.04. The lowest BCUT2D eigenvalue weighted by Crippen LogP contribution is -2.28. The van der Waals surface area contributed by atoms with E-state index in [-0.39, 0.29) is 5.97 Å². The maximum absolute atomic E-state index is 12.2. The van der Waals surface area contributed by atoms with Crippen molar-refractivity contribution in [2.24, 2.45) is 0 Å². The van der Waals surface area contributed by atoms with E-state index in [1.54, 1.807) is 19.1 Å². The van der Waals surface area contributed by atoms with Crippen LogP contribution in [0.4, 0.5) is 0 Å². The number of aromatic nitrogens is 2. The smallest absolute Gasteiger partial charge is 0.359 e. The van der Waals surface area contributed by atoms with E-state index in [1.807, 2.05) is 23.9 Å². The van der Waals surface area contributed by atoms with Gasteiger partial charge in [0.05, 0.1) is 24.8 Å². The van der Waals surface area contributed by atoms with Crippen molar-refractivity contribution < 1.29 is 9.53 Å². The van der Waals surface area contributed by atoms with Gasteiger partial charge in [-0.3, -0.25) is 4.68 Å². The molecule has 6 nitrogen and oxygen atoms in total. The maximum atomic E-state index is 12.2. The highest BCUT2D eigenvalue weighted by molar-refractivity contribution is 5.89. The van der Waals surface area contributed by atoms with E-state index in [4.69, 9.17) is 10.00 Å². The molecular formula is C18H20N4O2. The van der Waals surface area contributed by atoms with Crippen LogP contribution in [-0.2, 0) is 24.2 Å². The number of nitriles is 1. The van der Waals surface area contributed by atoms with Crippen LogP contribution in [0.3, 0.4) is 0 Å². The van der Waals surface area contributed by atoms with Gasteiger partial charge < -0.3 is 9.64 Å². The van der Waals surface area contributed by atoms with Crippen molar-refractivity contribution in [3.8, 4) is 6.07 Å². The number of hydrogen-bond acceptors (Lipinski definition) is 5. The number of fused-ring (bicyclic) bond motifs is 1. The predicted molar refractivity (Wildman–Crippen MR) is 88.5 cm³/mol. The molecular weight excluding hydrogens is 304 g/mol. The Kier molecular flexibility index (Phi) is 4.63. The van der Waals surface area contributed by atoms with Gasteiger partial charge in [-0.25, -0.2) is 4.79 Å². The Labute approximate surface area is 141 Å². The first-order chi connectivity index (χ1) is 11.6. The lowest BCUT2D eigenvalue weighted by Gasteiger charge is -2.23. The minimum atomic E-state index is -0.359. The molecule has 0 saturated heterocycles. The fourth-order valence-corrected chi connectivity index (χ4v) is 2.98. The van der Waals surface area contributed by atoms with Crippen LogP contribution in [0.15, 0.2) is 24.3 Å². The largest absolute Gasteiger partial charge is 0.461 e. The highest BCUT2D eigenvalue weighted by atomic mass is 16.5. The molecule has 3 rings (SSSR count). The van der Waals surface area contributed by atoms with E-state index in [0.717, 1.165) is 29.8 Å². The van der Waals surface area contributed by atoms with E-state index >= 15 is 0 Å². The van der Waals surface area contributed by atoms with Gasteiger partial charge in [-0.2, -0.15) is 10.4 Å². The Hall–Kier alpha value is -2.65. The number of ether oxygens (including phenoxy) is 1. The molecule has 0 atom stereocenters. The summed E-state index contributed by atoms with van der Waals surface area (Å²) in [6.07, 6.45) is 0.856. The van der Waals surface area contributed by atoms with Gasteiger partial charge in [0.2, 0.25) is 0 Å². The van der Waals surface area contributed by atoms with Crippen LogP contribution < -0.4 is 0 Å². The molecule has 1 aliphatic rings. The van der Waals surface area contributed by atoms with E-state index in [9.17, 15) is 4.79 Å². The van der Waals surface area contributed by atoms with Gasteiger partial charge in [-0.05, 0) is 31.7 Å². The second-order valence-corrected chi connectivity index (χ2v) is 5.95. The molecule has 1 aromatic heterocycles. The SMILES string of the molecule is CCOC(=O)c1nn(Cc2ccc(C#N)cc2)c2c1CN(C)CC2. The molecule has 0 radical (unpaired) electrons. The second kappa shape index (κ2) is 6.85. The maximum Gasteiger partial charge on any atom is 0.359 e. The molecule has 0 bridgehead atoms. The van der Waals surface area contributed by atoms with Crippen molar-refractivity contribution in [2.45, 2.75) is 26.4 Å². The van der Waals surface area contributed by atoms with Crippen LogP contribution >= 0.6 is 0 Å².